The van der Waals surface area contributed by atoms with Crippen molar-refractivity contribution in [2.75, 3.05) is 17.7 Å². The highest BCUT2D eigenvalue weighted by molar-refractivity contribution is 7.99. The maximum Gasteiger partial charge on any atom is 0.262 e. The molecule has 19 heavy (non-hydrogen) atoms. The summed E-state index contributed by atoms with van der Waals surface area (Å²) in [5.41, 5.74) is 7.18. The first-order chi connectivity index (χ1) is 9.22. The Morgan fingerprint density at radius 3 is 3.11 bits per heavy atom. The molecule has 3 rings (SSSR count). The normalized spacial score (nSPS) is 13.4. The number of hydrogen-bond donors (Lipinski definition) is 2. The van der Waals surface area contributed by atoms with E-state index in [1.54, 1.807) is 24.4 Å². The van der Waals surface area contributed by atoms with Gasteiger partial charge in [0, 0.05) is 22.8 Å². The SMILES string of the molecule is Nc1cc2c(cc1Sc1ccncn1)NC(=O)CO2. The van der Waals surface area contributed by atoms with E-state index in [9.17, 15) is 4.79 Å². The fourth-order valence-electron chi connectivity index (χ4n) is 1.66. The Labute approximate surface area is 113 Å². The Kier molecular flexibility index (Phi) is 2.96. The summed E-state index contributed by atoms with van der Waals surface area (Å²) in [4.78, 5) is 20.1. The number of ether oxygens (including phenoxy) is 1. The molecule has 3 N–H and O–H groups in total. The highest BCUT2D eigenvalue weighted by Crippen LogP contribution is 2.39. The van der Waals surface area contributed by atoms with Crippen molar-refractivity contribution in [2.24, 2.45) is 0 Å². The van der Waals surface area contributed by atoms with Crippen LogP contribution in [0.1, 0.15) is 0 Å². The van der Waals surface area contributed by atoms with E-state index >= 15 is 0 Å². The predicted octanol–water partition coefficient (Wildman–Crippen LogP) is 1.54. The number of hydrogen-bond acceptors (Lipinski definition) is 6. The maximum absolute atomic E-state index is 11.3. The van der Waals surface area contributed by atoms with Gasteiger partial charge >= 0.3 is 0 Å². The molecule has 6 nitrogen and oxygen atoms in total. The van der Waals surface area contributed by atoms with Crippen LogP contribution in [0.15, 0.2) is 40.6 Å². The minimum Gasteiger partial charge on any atom is -0.482 e. The van der Waals surface area contributed by atoms with Crippen molar-refractivity contribution in [3.63, 3.8) is 0 Å². The zero-order valence-corrected chi connectivity index (χ0v) is 10.6. The lowest BCUT2D eigenvalue weighted by atomic mass is 10.2. The number of rotatable bonds is 2. The largest absolute Gasteiger partial charge is 0.482 e. The van der Waals surface area contributed by atoms with Crippen LogP contribution in [0.5, 0.6) is 5.75 Å². The molecule has 2 aromatic rings. The molecule has 2 heterocycles. The Morgan fingerprint density at radius 2 is 2.32 bits per heavy atom. The van der Waals surface area contributed by atoms with Crippen molar-refractivity contribution in [3.05, 3.63) is 30.7 Å². The van der Waals surface area contributed by atoms with Crippen molar-refractivity contribution >= 4 is 29.0 Å². The first-order valence-corrected chi connectivity index (χ1v) is 6.34. The highest BCUT2D eigenvalue weighted by atomic mass is 32.2. The molecule has 1 aromatic carbocycles. The third-order valence-corrected chi connectivity index (χ3v) is 3.54. The quantitative estimate of drug-likeness (QED) is 0.637. The van der Waals surface area contributed by atoms with Gasteiger partial charge in [-0.05, 0) is 12.1 Å². The molecule has 0 bridgehead atoms. The molecule has 0 saturated carbocycles. The van der Waals surface area contributed by atoms with Crippen molar-refractivity contribution < 1.29 is 9.53 Å². The van der Waals surface area contributed by atoms with Gasteiger partial charge in [0.2, 0.25) is 0 Å². The standard InChI is InChI=1S/C12H10N4O2S/c13-7-3-9-8(16-11(17)5-18-9)4-10(7)19-12-1-2-14-6-15-12/h1-4,6H,5,13H2,(H,16,17). The molecule has 1 aromatic heterocycles. The predicted molar refractivity (Wildman–Crippen MR) is 71.1 cm³/mol. The molecule has 0 unspecified atom stereocenters. The number of nitrogens with zero attached hydrogens (tertiary/aromatic N) is 2. The Balaban J connectivity index is 1.94. The topological polar surface area (TPSA) is 90.1 Å². The second kappa shape index (κ2) is 4.77. The highest BCUT2D eigenvalue weighted by Gasteiger charge is 2.18. The van der Waals surface area contributed by atoms with Gasteiger partial charge in [-0.15, -0.1) is 0 Å². The second-order valence-electron chi connectivity index (χ2n) is 3.87. The van der Waals surface area contributed by atoms with E-state index in [1.165, 1.54) is 18.1 Å². The van der Waals surface area contributed by atoms with Gasteiger partial charge in [-0.1, -0.05) is 11.8 Å². The molecular formula is C12H10N4O2S. The van der Waals surface area contributed by atoms with Gasteiger partial charge in [0.1, 0.15) is 17.1 Å². The van der Waals surface area contributed by atoms with Crippen molar-refractivity contribution in [3.8, 4) is 5.75 Å². The van der Waals surface area contributed by atoms with Gasteiger partial charge in [-0.2, -0.15) is 0 Å². The van der Waals surface area contributed by atoms with E-state index < -0.39 is 0 Å². The lowest BCUT2D eigenvalue weighted by molar-refractivity contribution is -0.118. The van der Waals surface area contributed by atoms with E-state index in [0.717, 1.165) is 9.92 Å². The molecule has 0 saturated heterocycles. The Bertz CT molecular complexity index is 633. The van der Waals surface area contributed by atoms with Gasteiger partial charge in [-0.25, -0.2) is 9.97 Å². The van der Waals surface area contributed by atoms with Crippen LogP contribution in [-0.2, 0) is 4.79 Å². The van der Waals surface area contributed by atoms with E-state index in [-0.39, 0.29) is 12.5 Å². The van der Waals surface area contributed by atoms with Crippen LogP contribution in [0.2, 0.25) is 0 Å². The zero-order chi connectivity index (χ0) is 13.2. The molecule has 0 spiro atoms. The number of fused-ring (bicyclic) bond motifs is 1. The number of nitrogens with one attached hydrogen (secondary N) is 1. The second-order valence-corrected chi connectivity index (χ2v) is 4.93. The summed E-state index contributed by atoms with van der Waals surface area (Å²) in [5, 5.41) is 3.53. The maximum atomic E-state index is 11.3. The molecule has 0 radical (unpaired) electrons. The summed E-state index contributed by atoms with van der Waals surface area (Å²) < 4.78 is 5.29. The monoisotopic (exact) mass is 274 g/mol. The summed E-state index contributed by atoms with van der Waals surface area (Å²) in [5.74, 6) is 0.416. The number of benzene rings is 1. The van der Waals surface area contributed by atoms with Gasteiger partial charge in [-0.3, -0.25) is 4.79 Å². The van der Waals surface area contributed by atoms with E-state index in [0.29, 0.717) is 17.1 Å². The van der Waals surface area contributed by atoms with E-state index in [2.05, 4.69) is 15.3 Å². The number of anilines is 2. The van der Waals surface area contributed by atoms with Crippen molar-refractivity contribution in [1.82, 2.24) is 9.97 Å². The van der Waals surface area contributed by atoms with Crippen LogP contribution in [0.4, 0.5) is 11.4 Å². The average Bonchev–Trinajstić information content (AvgIpc) is 2.41. The molecule has 0 aliphatic carbocycles. The van der Waals surface area contributed by atoms with Crippen LogP contribution in [0.3, 0.4) is 0 Å². The Hall–Kier alpha value is -2.28. The van der Waals surface area contributed by atoms with Crippen LogP contribution in [0.25, 0.3) is 0 Å². The summed E-state index contributed by atoms with van der Waals surface area (Å²) >= 11 is 1.41. The number of carbonyl (C=O) groups excluding carboxylic acids is 1. The first kappa shape index (κ1) is 11.8. The van der Waals surface area contributed by atoms with Gasteiger partial charge < -0.3 is 15.8 Å². The molecule has 1 amide bonds. The summed E-state index contributed by atoms with van der Waals surface area (Å²) in [7, 11) is 0. The number of nitrogens with two attached hydrogens (primary N) is 1. The summed E-state index contributed by atoms with van der Waals surface area (Å²) in [6.07, 6.45) is 3.14. The van der Waals surface area contributed by atoms with Gasteiger partial charge in [0.25, 0.3) is 5.91 Å². The summed E-state index contributed by atoms with van der Waals surface area (Å²) in [6.45, 7) is 0.0187. The minimum absolute atomic E-state index is 0.0187. The Morgan fingerprint density at radius 1 is 1.42 bits per heavy atom. The fourth-order valence-corrected chi connectivity index (χ4v) is 2.47. The summed E-state index contributed by atoms with van der Waals surface area (Å²) in [6, 6.07) is 5.28. The van der Waals surface area contributed by atoms with Crippen LogP contribution < -0.4 is 15.8 Å². The average molecular weight is 274 g/mol. The van der Waals surface area contributed by atoms with Gasteiger partial charge in [0.05, 0.1) is 5.69 Å². The fraction of sp³-hybridized carbons (Fsp3) is 0.0833. The molecule has 0 fully saturated rings. The third-order valence-electron chi connectivity index (χ3n) is 2.51. The smallest absolute Gasteiger partial charge is 0.262 e. The van der Waals surface area contributed by atoms with Crippen molar-refractivity contribution in [1.29, 1.82) is 0 Å². The molecule has 1 aliphatic rings. The lowest BCUT2D eigenvalue weighted by Crippen LogP contribution is -2.25. The van der Waals surface area contributed by atoms with Crippen LogP contribution in [0, 0.1) is 0 Å². The van der Waals surface area contributed by atoms with E-state index in [1.807, 2.05) is 0 Å². The van der Waals surface area contributed by atoms with Crippen molar-refractivity contribution in [2.45, 2.75) is 9.92 Å². The van der Waals surface area contributed by atoms with Crippen LogP contribution in [-0.4, -0.2) is 22.5 Å². The zero-order valence-electron chi connectivity index (χ0n) is 9.79. The minimum atomic E-state index is -0.171. The lowest BCUT2D eigenvalue weighted by Gasteiger charge is -2.19. The molecule has 7 heteroatoms. The number of nitrogen functional groups attached to an aromatic ring is 1. The first-order valence-electron chi connectivity index (χ1n) is 5.52. The third kappa shape index (κ3) is 2.45. The number of carbonyl (C=O) groups is 1. The number of aromatic nitrogens is 2. The van der Waals surface area contributed by atoms with Gasteiger partial charge in [0.15, 0.2) is 6.61 Å². The molecule has 96 valence electrons. The molecule has 1 aliphatic heterocycles. The molecule has 0 atom stereocenters. The van der Waals surface area contributed by atoms with Crippen LogP contribution >= 0.6 is 11.8 Å². The molecular weight excluding hydrogens is 264 g/mol. The van der Waals surface area contributed by atoms with E-state index in [4.69, 9.17) is 10.5 Å². The number of amides is 1.